The number of halogens is 1. The Labute approximate surface area is 130 Å². The Hall–Kier alpha value is -2.73. The third-order valence-corrected chi connectivity index (χ3v) is 3.23. The van der Waals surface area contributed by atoms with Crippen molar-refractivity contribution in [1.82, 2.24) is 0 Å². The number of carboxylic acids is 1. The Bertz CT molecular complexity index is 755. The van der Waals surface area contributed by atoms with E-state index in [2.05, 4.69) is 0 Å². The number of nitro groups is 1. The molecule has 0 bridgehead atoms. The molecule has 0 fully saturated rings. The minimum absolute atomic E-state index is 0.131. The van der Waals surface area contributed by atoms with E-state index in [1.807, 2.05) is 0 Å². The highest BCUT2D eigenvalue weighted by Crippen LogP contribution is 2.21. The number of hydrogen-bond acceptors (Lipinski definition) is 4. The van der Waals surface area contributed by atoms with E-state index in [1.54, 1.807) is 0 Å². The van der Waals surface area contributed by atoms with Crippen molar-refractivity contribution in [1.29, 1.82) is 0 Å². The summed E-state index contributed by atoms with van der Waals surface area (Å²) < 4.78 is 0. The van der Waals surface area contributed by atoms with E-state index in [0.717, 1.165) is 0 Å². The van der Waals surface area contributed by atoms with Crippen LogP contribution in [0.1, 0.15) is 21.5 Å². The quantitative estimate of drug-likeness (QED) is 0.518. The molecule has 1 N–H and O–H groups in total. The lowest BCUT2D eigenvalue weighted by molar-refractivity contribution is -0.384. The number of ketones is 1. The van der Waals surface area contributed by atoms with Gasteiger partial charge in [0.15, 0.2) is 5.78 Å². The van der Waals surface area contributed by atoms with Crippen molar-refractivity contribution >= 4 is 29.0 Å². The van der Waals surface area contributed by atoms with Crippen molar-refractivity contribution in [2.75, 3.05) is 0 Å². The standard InChI is InChI=1S/C15H10ClNO5/c16-11-4-1-10(7-14(18)19)13(8-11)15(20)9-2-5-12(6-3-9)17(21)22/h1-6,8H,7H2,(H,18,19). The Morgan fingerprint density at radius 1 is 1.14 bits per heavy atom. The highest BCUT2D eigenvalue weighted by molar-refractivity contribution is 6.31. The van der Waals surface area contributed by atoms with Crippen LogP contribution in [0.25, 0.3) is 0 Å². The molecule has 2 aromatic carbocycles. The van der Waals surface area contributed by atoms with Crippen LogP contribution in [0.3, 0.4) is 0 Å². The fourth-order valence-corrected chi connectivity index (χ4v) is 2.14. The van der Waals surface area contributed by atoms with Gasteiger partial charge in [0.2, 0.25) is 0 Å². The number of nitrogens with zero attached hydrogens (tertiary/aromatic N) is 1. The van der Waals surface area contributed by atoms with Crippen LogP contribution in [0.5, 0.6) is 0 Å². The molecule has 2 aromatic rings. The van der Waals surface area contributed by atoms with E-state index < -0.39 is 16.7 Å². The topological polar surface area (TPSA) is 97.5 Å². The van der Waals surface area contributed by atoms with Crippen LogP contribution >= 0.6 is 11.6 Å². The number of carbonyl (C=O) groups is 2. The minimum Gasteiger partial charge on any atom is -0.481 e. The number of hydrogen-bond donors (Lipinski definition) is 1. The van der Waals surface area contributed by atoms with Gasteiger partial charge in [-0.3, -0.25) is 19.7 Å². The summed E-state index contributed by atoms with van der Waals surface area (Å²) in [6.07, 6.45) is -0.314. The lowest BCUT2D eigenvalue weighted by Gasteiger charge is -2.08. The summed E-state index contributed by atoms with van der Waals surface area (Å²) >= 11 is 5.86. The molecule has 2 rings (SSSR count). The molecule has 0 aliphatic heterocycles. The first-order valence-corrected chi connectivity index (χ1v) is 6.55. The lowest BCUT2D eigenvalue weighted by atomic mass is 9.96. The zero-order chi connectivity index (χ0) is 16.3. The molecule has 0 saturated carbocycles. The second-order valence-corrected chi connectivity index (χ2v) is 4.94. The number of carboxylic acid groups (broad SMARTS) is 1. The SMILES string of the molecule is O=C(O)Cc1ccc(Cl)cc1C(=O)c1ccc([N+](=O)[O-])cc1. The second-order valence-electron chi connectivity index (χ2n) is 4.51. The normalized spacial score (nSPS) is 10.2. The third kappa shape index (κ3) is 3.48. The van der Waals surface area contributed by atoms with E-state index >= 15 is 0 Å². The number of nitro benzene ring substituents is 1. The van der Waals surface area contributed by atoms with Gasteiger partial charge in [0.1, 0.15) is 0 Å². The number of rotatable bonds is 5. The van der Waals surface area contributed by atoms with E-state index in [9.17, 15) is 19.7 Å². The molecule has 0 heterocycles. The number of carbonyl (C=O) groups excluding carboxylic acids is 1. The molecule has 0 aliphatic rings. The second kappa shape index (κ2) is 6.36. The van der Waals surface area contributed by atoms with Gasteiger partial charge in [0.25, 0.3) is 5.69 Å². The summed E-state index contributed by atoms with van der Waals surface area (Å²) in [5.74, 6) is -1.51. The van der Waals surface area contributed by atoms with Crippen molar-refractivity contribution < 1.29 is 19.6 Å². The smallest absolute Gasteiger partial charge is 0.307 e. The van der Waals surface area contributed by atoms with E-state index in [1.165, 1.54) is 42.5 Å². The highest BCUT2D eigenvalue weighted by atomic mass is 35.5. The van der Waals surface area contributed by atoms with Gasteiger partial charge in [-0.05, 0) is 29.8 Å². The first-order valence-electron chi connectivity index (χ1n) is 6.18. The van der Waals surface area contributed by atoms with Crippen LogP contribution in [0.4, 0.5) is 5.69 Å². The van der Waals surface area contributed by atoms with Crippen LogP contribution in [0, 0.1) is 10.1 Å². The molecule has 0 spiro atoms. The molecule has 0 radical (unpaired) electrons. The fraction of sp³-hybridized carbons (Fsp3) is 0.0667. The summed E-state index contributed by atoms with van der Waals surface area (Å²) in [7, 11) is 0. The summed E-state index contributed by atoms with van der Waals surface area (Å²) in [6, 6.07) is 9.46. The van der Waals surface area contributed by atoms with E-state index in [0.29, 0.717) is 10.6 Å². The monoisotopic (exact) mass is 319 g/mol. The number of aliphatic carboxylic acids is 1. The Kier molecular flexibility index (Phi) is 4.53. The maximum atomic E-state index is 12.5. The maximum Gasteiger partial charge on any atom is 0.307 e. The average molecular weight is 320 g/mol. The molecule has 7 heteroatoms. The molecule has 0 aromatic heterocycles. The minimum atomic E-state index is -1.07. The predicted octanol–water partition coefficient (Wildman–Crippen LogP) is 3.11. The molecular weight excluding hydrogens is 310 g/mol. The molecule has 112 valence electrons. The molecule has 0 aliphatic carbocycles. The van der Waals surface area contributed by atoms with Gasteiger partial charge in [-0.15, -0.1) is 0 Å². The van der Waals surface area contributed by atoms with Gasteiger partial charge >= 0.3 is 5.97 Å². The first-order chi connectivity index (χ1) is 10.4. The van der Waals surface area contributed by atoms with Crippen LogP contribution in [0.15, 0.2) is 42.5 Å². The van der Waals surface area contributed by atoms with Gasteiger partial charge in [-0.25, -0.2) is 0 Å². The number of benzene rings is 2. The van der Waals surface area contributed by atoms with Crippen LogP contribution < -0.4 is 0 Å². The summed E-state index contributed by atoms with van der Waals surface area (Å²) in [5, 5.41) is 19.8. The van der Waals surface area contributed by atoms with Crippen LogP contribution in [0.2, 0.25) is 5.02 Å². The van der Waals surface area contributed by atoms with Crippen molar-refractivity contribution in [3.63, 3.8) is 0 Å². The largest absolute Gasteiger partial charge is 0.481 e. The highest BCUT2D eigenvalue weighted by Gasteiger charge is 2.17. The molecule has 0 saturated heterocycles. The fourth-order valence-electron chi connectivity index (χ4n) is 1.97. The molecule has 6 nitrogen and oxygen atoms in total. The Morgan fingerprint density at radius 3 is 2.32 bits per heavy atom. The Balaban J connectivity index is 2.41. The molecule has 0 atom stereocenters. The van der Waals surface area contributed by atoms with Crippen molar-refractivity contribution in [2.45, 2.75) is 6.42 Å². The van der Waals surface area contributed by atoms with Crippen LogP contribution in [-0.2, 0) is 11.2 Å². The lowest BCUT2D eigenvalue weighted by Crippen LogP contribution is -2.09. The summed E-state index contributed by atoms with van der Waals surface area (Å²) in [5.41, 5.74) is 0.594. The first kappa shape index (κ1) is 15.7. The van der Waals surface area contributed by atoms with Crippen LogP contribution in [-0.4, -0.2) is 21.8 Å². The van der Waals surface area contributed by atoms with Gasteiger partial charge in [-0.2, -0.15) is 0 Å². The molecular formula is C15H10ClNO5. The van der Waals surface area contributed by atoms with E-state index in [4.69, 9.17) is 16.7 Å². The van der Waals surface area contributed by atoms with Crippen molar-refractivity contribution in [3.05, 3.63) is 74.3 Å². The summed E-state index contributed by atoms with van der Waals surface area (Å²) in [6.45, 7) is 0. The average Bonchev–Trinajstić information content (AvgIpc) is 2.48. The predicted molar refractivity (Wildman–Crippen MR) is 79.3 cm³/mol. The zero-order valence-corrected chi connectivity index (χ0v) is 11.9. The van der Waals surface area contributed by atoms with Crippen molar-refractivity contribution in [2.24, 2.45) is 0 Å². The van der Waals surface area contributed by atoms with Gasteiger partial charge in [-0.1, -0.05) is 17.7 Å². The zero-order valence-electron chi connectivity index (χ0n) is 11.2. The number of non-ortho nitro benzene ring substituents is 1. The van der Waals surface area contributed by atoms with Gasteiger partial charge in [0.05, 0.1) is 11.3 Å². The molecule has 0 amide bonds. The molecule has 0 unspecified atom stereocenters. The maximum absolute atomic E-state index is 12.5. The van der Waals surface area contributed by atoms with Gasteiger partial charge in [0, 0.05) is 28.3 Å². The van der Waals surface area contributed by atoms with Gasteiger partial charge < -0.3 is 5.11 Å². The van der Waals surface area contributed by atoms with Crippen molar-refractivity contribution in [3.8, 4) is 0 Å². The summed E-state index contributed by atoms with van der Waals surface area (Å²) in [4.78, 5) is 33.4. The third-order valence-electron chi connectivity index (χ3n) is 3.00. The Morgan fingerprint density at radius 2 is 1.77 bits per heavy atom. The van der Waals surface area contributed by atoms with E-state index in [-0.39, 0.29) is 23.2 Å². The molecule has 22 heavy (non-hydrogen) atoms.